The van der Waals surface area contributed by atoms with Crippen molar-refractivity contribution in [3.63, 3.8) is 0 Å². The molecule has 5 nitrogen and oxygen atoms in total. The minimum Gasteiger partial charge on any atom is -0.476 e. The van der Waals surface area contributed by atoms with Crippen LogP contribution in [0.25, 0.3) is 0 Å². The molecule has 0 unspecified atom stereocenters. The molecule has 1 rings (SSSR count). The minimum absolute atomic E-state index is 0. The van der Waals surface area contributed by atoms with Gasteiger partial charge in [0.15, 0.2) is 5.69 Å². The van der Waals surface area contributed by atoms with Crippen molar-refractivity contribution >= 4 is 18.4 Å². The molecule has 0 bridgehead atoms. The van der Waals surface area contributed by atoms with Crippen molar-refractivity contribution < 1.29 is 9.90 Å². The summed E-state index contributed by atoms with van der Waals surface area (Å²) >= 11 is 0. The summed E-state index contributed by atoms with van der Waals surface area (Å²) in [5.41, 5.74) is -0.579. The molecule has 2 N–H and O–H groups in total. The van der Waals surface area contributed by atoms with E-state index in [2.05, 4.69) is 5.10 Å². The maximum Gasteiger partial charge on any atom is 0.356 e. The number of rotatable bonds is 1. The van der Waals surface area contributed by atoms with Crippen LogP contribution in [0.1, 0.15) is 10.5 Å². The predicted octanol–water partition coefficient (Wildman–Crippen LogP) is -0.110. The zero-order chi connectivity index (χ0) is 7.56. The molecule has 0 aliphatic rings. The third-order valence-corrected chi connectivity index (χ3v) is 0.898. The highest BCUT2D eigenvalue weighted by atomic mass is 35.5. The van der Waals surface area contributed by atoms with Crippen LogP contribution < -0.4 is 5.56 Å². The number of aromatic nitrogens is 2. The number of hydrogen-bond donors (Lipinski definition) is 2. The van der Waals surface area contributed by atoms with Crippen molar-refractivity contribution in [2.45, 2.75) is 0 Å². The Hall–Kier alpha value is -1.36. The topological polar surface area (TPSA) is 83.0 Å². The molecule has 0 fully saturated rings. The van der Waals surface area contributed by atoms with Crippen LogP contribution in [-0.4, -0.2) is 21.3 Å². The Morgan fingerprint density at radius 2 is 2.18 bits per heavy atom. The number of nitrogens with zero attached hydrogens (tertiary/aromatic N) is 1. The monoisotopic (exact) mass is 176 g/mol. The van der Waals surface area contributed by atoms with Crippen LogP contribution in [0, 0.1) is 0 Å². The Morgan fingerprint density at radius 1 is 1.55 bits per heavy atom. The van der Waals surface area contributed by atoms with Gasteiger partial charge < -0.3 is 5.11 Å². The molecule has 6 heteroatoms. The van der Waals surface area contributed by atoms with Crippen molar-refractivity contribution in [1.29, 1.82) is 0 Å². The fraction of sp³-hybridized carbons (Fsp3) is 0. The van der Waals surface area contributed by atoms with Gasteiger partial charge >= 0.3 is 5.97 Å². The summed E-state index contributed by atoms with van der Waals surface area (Å²) in [5.74, 6) is -1.16. The standard InChI is InChI=1S/C5H4N2O3.ClH/c8-4-2-1-3(5(9)10)6-7-4;/h1-2H,(H,7,8)(H,9,10);1H. The van der Waals surface area contributed by atoms with Gasteiger partial charge in [-0.3, -0.25) is 4.79 Å². The van der Waals surface area contributed by atoms with Gasteiger partial charge in [-0.1, -0.05) is 0 Å². The summed E-state index contributed by atoms with van der Waals surface area (Å²) in [4.78, 5) is 20.5. The number of halogens is 1. The Labute approximate surface area is 67.5 Å². The maximum atomic E-state index is 10.3. The highest BCUT2D eigenvalue weighted by Gasteiger charge is 2.01. The third kappa shape index (κ3) is 2.38. The van der Waals surface area contributed by atoms with Crippen LogP contribution in [0.3, 0.4) is 0 Å². The van der Waals surface area contributed by atoms with E-state index < -0.39 is 11.5 Å². The van der Waals surface area contributed by atoms with Gasteiger partial charge in [0.05, 0.1) is 0 Å². The Bertz CT molecular complexity index is 288. The molecular formula is C5H5ClN2O3. The van der Waals surface area contributed by atoms with E-state index in [1.54, 1.807) is 0 Å². The Balaban J connectivity index is 0.000001000. The molecule has 0 aliphatic heterocycles. The molecule has 0 spiro atoms. The molecule has 1 heterocycles. The lowest BCUT2D eigenvalue weighted by Crippen LogP contribution is -2.10. The van der Waals surface area contributed by atoms with Crippen LogP contribution in [0.15, 0.2) is 16.9 Å². The first-order valence-corrected chi connectivity index (χ1v) is 2.49. The van der Waals surface area contributed by atoms with E-state index in [1.807, 2.05) is 5.10 Å². The van der Waals surface area contributed by atoms with Crippen LogP contribution in [0.5, 0.6) is 0 Å². The third-order valence-electron chi connectivity index (χ3n) is 0.898. The molecule has 1 aromatic heterocycles. The molecule has 0 amide bonds. The summed E-state index contributed by atoms with van der Waals surface area (Å²) in [6, 6.07) is 2.25. The summed E-state index contributed by atoms with van der Waals surface area (Å²) in [6.45, 7) is 0. The van der Waals surface area contributed by atoms with Gasteiger partial charge in [0.1, 0.15) is 0 Å². The number of nitrogens with one attached hydrogen (secondary N) is 1. The molecule has 1 aromatic rings. The van der Waals surface area contributed by atoms with E-state index in [9.17, 15) is 9.59 Å². The van der Waals surface area contributed by atoms with E-state index in [1.165, 1.54) is 0 Å². The summed E-state index contributed by atoms with van der Waals surface area (Å²) in [7, 11) is 0. The smallest absolute Gasteiger partial charge is 0.356 e. The lowest BCUT2D eigenvalue weighted by molar-refractivity contribution is 0.0689. The first kappa shape index (κ1) is 9.64. The number of hydrogen-bond acceptors (Lipinski definition) is 3. The molecule has 0 aliphatic carbocycles. The molecule has 0 atom stereocenters. The number of carbonyl (C=O) groups is 1. The van der Waals surface area contributed by atoms with E-state index in [0.717, 1.165) is 12.1 Å². The van der Waals surface area contributed by atoms with Gasteiger partial charge in [0.2, 0.25) is 0 Å². The number of aromatic amines is 1. The van der Waals surface area contributed by atoms with Crippen molar-refractivity contribution in [2.24, 2.45) is 0 Å². The summed E-state index contributed by atoms with van der Waals surface area (Å²) in [5, 5.41) is 13.5. The van der Waals surface area contributed by atoms with Gasteiger partial charge in [0.25, 0.3) is 5.56 Å². The van der Waals surface area contributed by atoms with Crippen molar-refractivity contribution in [3.05, 3.63) is 28.2 Å². The average molecular weight is 177 g/mol. The molecule has 11 heavy (non-hydrogen) atoms. The fourth-order valence-electron chi connectivity index (χ4n) is 0.464. The molecule has 60 valence electrons. The van der Waals surface area contributed by atoms with Gasteiger partial charge in [-0.05, 0) is 6.07 Å². The summed E-state index contributed by atoms with van der Waals surface area (Å²) < 4.78 is 0. The fourth-order valence-corrected chi connectivity index (χ4v) is 0.464. The lowest BCUT2D eigenvalue weighted by Gasteiger charge is -1.87. The summed E-state index contributed by atoms with van der Waals surface area (Å²) in [6.07, 6.45) is 0. The molecule has 0 radical (unpaired) electrons. The van der Waals surface area contributed by atoms with Gasteiger partial charge in [-0.2, -0.15) is 5.10 Å². The maximum absolute atomic E-state index is 10.3. The van der Waals surface area contributed by atoms with E-state index in [4.69, 9.17) is 5.11 Å². The van der Waals surface area contributed by atoms with Crippen molar-refractivity contribution in [1.82, 2.24) is 10.2 Å². The van der Waals surface area contributed by atoms with Crippen molar-refractivity contribution in [3.8, 4) is 0 Å². The number of carboxylic acids is 1. The quantitative estimate of drug-likeness (QED) is 0.626. The van der Waals surface area contributed by atoms with E-state index in [-0.39, 0.29) is 18.1 Å². The second-order valence-electron chi connectivity index (χ2n) is 1.61. The first-order chi connectivity index (χ1) is 4.70. The average Bonchev–Trinajstić information content (AvgIpc) is 1.88. The second kappa shape index (κ2) is 3.72. The second-order valence-corrected chi connectivity index (χ2v) is 1.61. The van der Waals surface area contributed by atoms with E-state index >= 15 is 0 Å². The Kier molecular flexibility index (Phi) is 3.26. The Morgan fingerprint density at radius 3 is 2.55 bits per heavy atom. The highest BCUT2D eigenvalue weighted by molar-refractivity contribution is 5.85. The van der Waals surface area contributed by atoms with E-state index in [0.29, 0.717) is 0 Å². The SMILES string of the molecule is Cl.O=C(O)c1ccc(=O)[nH]n1. The molecule has 0 saturated heterocycles. The van der Waals surface area contributed by atoms with Crippen LogP contribution in [-0.2, 0) is 0 Å². The zero-order valence-corrected chi connectivity index (χ0v) is 6.09. The zero-order valence-electron chi connectivity index (χ0n) is 5.27. The number of aromatic carboxylic acids is 1. The van der Waals surface area contributed by atoms with Crippen LogP contribution in [0.2, 0.25) is 0 Å². The minimum atomic E-state index is -1.16. The largest absolute Gasteiger partial charge is 0.476 e. The van der Waals surface area contributed by atoms with Gasteiger partial charge in [-0.25, -0.2) is 9.89 Å². The molecular weight excluding hydrogens is 172 g/mol. The van der Waals surface area contributed by atoms with Crippen LogP contribution >= 0.6 is 12.4 Å². The highest BCUT2D eigenvalue weighted by Crippen LogP contribution is 1.85. The van der Waals surface area contributed by atoms with Gasteiger partial charge in [0, 0.05) is 6.07 Å². The number of H-pyrrole nitrogens is 1. The molecule has 0 aromatic carbocycles. The predicted molar refractivity (Wildman–Crippen MR) is 39.1 cm³/mol. The normalized spacial score (nSPS) is 8.36. The lowest BCUT2D eigenvalue weighted by atomic mass is 10.4. The number of carboxylic acid groups (broad SMARTS) is 1. The van der Waals surface area contributed by atoms with Gasteiger partial charge in [-0.15, -0.1) is 12.4 Å². The van der Waals surface area contributed by atoms with Crippen molar-refractivity contribution in [2.75, 3.05) is 0 Å². The van der Waals surface area contributed by atoms with Crippen LogP contribution in [0.4, 0.5) is 0 Å². The molecule has 0 saturated carbocycles. The first-order valence-electron chi connectivity index (χ1n) is 2.49.